The Labute approximate surface area is 151 Å². The highest BCUT2D eigenvalue weighted by Crippen LogP contribution is 2.38. The van der Waals surface area contributed by atoms with Crippen LogP contribution in [0.3, 0.4) is 0 Å². The second kappa shape index (κ2) is 8.48. The van der Waals surface area contributed by atoms with Crippen LogP contribution in [0.1, 0.15) is 27.2 Å². The van der Waals surface area contributed by atoms with Crippen LogP contribution in [0.5, 0.6) is 0 Å². The first-order chi connectivity index (χ1) is 11.9. The predicted octanol–water partition coefficient (Wildman–Crippen LogP) is 2.20. The van der Waals surface area contributed by atoms with E-state index in [-0.39, 0.29) is 0 Å². The Balaban J connectivity index is 5.90. The first-order valence-corrected chi connectivity index (χ1v) is 8.47. The van der Waals surface area contributed by atoms with Crippen molar-refractivity contribution in [2.24, 2.45) is 0 Å². The maximum Gasteiger partial charge on any atom is 0.468 e. The van der Waals surface area contributed by atoms with Gasteiger partial charge in [-0.25, -0.2) is 9.59 Å². The molecule has 0 aliphatic rings. The molecule has 0 rings (SSSR count). The predicted molar refractivity (Wildman–Crippen MR) is 78.0 cm³/mol. The van der Waals surface area contributed by atoms with Crippen molar-refractivity contribution in [3.8, 4) is 0 Å². The molecule has 1 unspecified atom stereocenters. The normalized spacial score (nSPS) is 15.2. The summed E-state index contributed by atoms with van der Waals surface area (Å²) in [6.45, 7) is 4.47. The summed E-state index contributed by atoms with van der Waals surface area (Å²) in [4.78, 5) is 23.4. The minimum atomic E-state index is -5.96. The molecule has 0 aromatic heterocycles. The number of hydrogen-bond acceptors (Lipinski definition) is 7. The van der Waals surface area contributed by atoms with Gasteiger partial charge in [0.25, 0.3) is 0 Å². The van der Waals surface area contributed by atoms with Gasteiger partial charge in [-0.1, -0.05) is 6.58 Å². The summed E-state index contributed by atoms with van der Waals surface area (Å²) in [6, 6.07) is 0. The van der Waals surface area contributed by atoms with E-state index in [0.717, 1.165) is 20.8 Å². The van der Waals surface area contributed by atoms with E-state index < -0.39 is 64.0 Å². The number of ether oxygens (including phenoxy) is 3. The zero-order chi connectivity index (χ0) is 21.8. The van der Waals surface area contributed by atoms with Crippen molar-refractivity contribution in [1.82, 2.24) is 0 Å². The van der Waals surface area contributed by atoms with Crippen LogP contribution in [0.15, 0.2) is 12.2 Å². The summed E-state index contributed by atoms with van der Waals surface area (Å²) >= 11 is 0. The molecule has 1 atom stereocenters. The van der Waals surface area contributed by atoms with Gasteiger partial charge in [-0.3, -0.25) is 4.55 Å². The Kier molecular flexibility index (Phi) is 7.91. The second-order valence-electron chi connectivity index (χ2n) is 5.45. The largest absolute Gasteiger partial charge is 0.468 e. The molecule has 0 aromatic rings. The van der Waals surface area contributed by atoms with E-state index in [0.29, 0.717) is 0 Å². The third kappa shape index (κ3) is 6.39. The molecule has 0 radical (unpaired) electrons. The lowest BCUT2D eigenvalue weighted by atomic mass is 10.2. The monoisotopic (exact) mass is 428 g/mol. The summed E-state index contributed by atoms with van der Waals surface area (Å²) in [5, 5.41) is -4.88. The summed E-state index contributed by atoms with van der Waals surface area (Å²) in [5.74, 6) is -8.49. The summed E-state index contributed by atoms with van der Waals surface area (Å²) in [5.41, 5.74) is -0.590. The van der Waals surface area contributed by atoms with E-state index in [4.69, 9.17) is 4.55 Å². The summed E-state index contributed by atoms with van der Waals surface area (Å²) in [7, 11) is -5.96. The molecule has 14 heteroatoms. The molecule has 0 aliphatic heterocycles. The highest BCUT2D eigenvalue weighted by Gasteiger charge is 2.68. The zero-order valence-corrected chi connectivity index (χ0v) is 15.1. The second-order valence-corrected chi connectivity index (χ2v) is 7.00. The minimum absolute atomic E-state index is 0.590. The molecule has 0 heterocycles. The number of alkyl halides is 5. The number of halogens is 5. The topological polar surface area (TPSA) is 116 Å². The van der Waals surface area contributed by atoms with Crippen molar-refractivity contribution >= 4 is 22.1 Å². The maximum absolute atomic E-state index is 13.5. The van der Waals surface area contributed by atoms with Crippen LogP contribution in [0.2, 0.25) is 0 Å². The van der Waals surface area contributed by atoms with Gasteiger partial charge in [-0.05, 0) is 20.8 Å². The Hall–Kier alpha value is -1.80. The van der Waals surface area contributed by atoms with E-state index in [1.165, 1.54) is 0 Å². The number of hydrogen-bond donors (Lipinski definition) is 1. The Morgan fingerprint density at radius 1 is 1.15 bits per heavy atom. The molecule has 0 bridgehead atoms. The highest BCUT2D eigenvalue weighted by atomic mass is 32.2. The van der Waals surface area contributed by atoms with E-state index in [1.807, 2.05) is 0 Å². The molecule has 1 N–H and O–H groups in total. The molecular formula is C13H17F5O8S. The zero-order valence-electron chi connectivity index (χ0n) is 14.3. The average molecular weight is 428 g/mol. The maximum atomic E-state index is 13.5. The van der Waals surface area contributed by atoms with Crippen molar-refractivity contribution in [1.29, 1.82) is 0 Å². The van der Waals surface area contributed by atoms with E-state index in [9.17, 15) is 40.0 Å². The Bertz CT molecular complexity index is 685. The van der Waals surface area contributed by atoms with Gasteiger partial charge < -0.3 is 14.2 Å². The van der Waals surface area contributed by atoms with Gasteiger partial charge in [-0.2, -0.15) is 30.4 Å². The summed E-state index contributed by atoms with van der Waals surface area (Å²) in [6.07, 6.45) is -8.92. The van der Waals surface area contributed by atoms with Gasteiger partial charge in [0.1, 0.15) is 0 Å². The molecule has 0 fully saturated rings. The van der Waals surface area contributed by atoms with Crippen LogP contribution in [0, 0.1) is 0 Å². The van der Waals surface area contributed by atoms with Gasteiger partial charge in [0.2, 0.25) is 0 Å². The molecule has 0 saturated carbocycles. The van der Waals surface area contributed by atoms with Crippen molar-refractivity contribution in [2.75, 3.05) is 6.61 Å². The standard InChI is InChI=1S/C13H17F5O8S/c1-7(2)9(19)26-12(13(16,17)18,10(20)25-8(3)4)24-6-5-11(14,15)27(21,22)23/h8H,1,5-6H2,2-4H3,(H,21,22,23). The molecule has 0 saturated heterocycles. The van der Waals surface area contributed by atoms with Crippen LogP contribution >= 0.6 is 0 Å². The van der Waals surface area contributed by atoms with Gasteiger partial charge in [0.05, 0.1) is 19.1 Å². The first kappa shape index (κ1) is 25.2. The lowest BCUT2D eigenvalue weighted by Gasteiger charge is -2.33. The fourth-order valence-corrected chi connectivity index (χ4v) is 1.68. The highest BCUT2D eigenvalue weighted by molar-refractivity contribution is 7.86. The Morgan fingerprint density at radius 3 is 1.96 bits per heavy atom. The molecule has 0 spiro atoms. The number of carbonyl (C=O) groups is 2. The molecule has 27 heavy (non-hydrogen) atoms. The quantitative estimate of drug-likeness (QED) is 0.195. The number of esters is 2. The lowest BCUT2D eigenvalue weighted by molar-refractivity contribution is -0.356. The molecule has 0 amide bonds. The average Bonchev–Trinajstić information content (AvgIpc) is 2.42. The van der Waals surface area contributed by atoms with Crippen LogP contribution < -0.4 is 0 Å². The molecule has 158 valence electrons. The number of carbonyl (C=O) groups excluding carboxylic acids is 2. The van der Waals surface area contributed by atoms with E-state index in [2.05, 4.69) is 20.8 Å². The molecule has 0 aliphatic carbocycles. The van der Waals surface area contributed by atoms with E-state index >= 15 is 0 Å². The molecule has 8 nitrogen and oxygen atoms in total. The third-order valence-electron chi connectivity index (χ3n) is 2.65. The van der Waals surface area contributed by atoms with Crippen LogP contribution in [-0.2, 0) is 33.9 Å². The third-order valence-corrected chi connectivity index (χ3v) is 3.60. The van der Waals surface area contributed by atoms with Gasteiger partial charge >= 0.3 is 39.3 Å². The fourth-order valence-electron chi connectivity index (χ4n) is 1.34. The lowest BCUT2D eigenvalue weighted by Crippen LogP contribution is -2.59. The van der Waals surface area contributed by atoms with Crippen molar-refractivity contribution < 1.29 is 58.7 Å². The van der Waals surface area contributed by atoms with Crippen LogP contribution in [0.4, 0.5) is 22.0 Å². The van der Waals surface area contributed by atoms with Crippen molar-refractivity contribution in [3.63, 3.8) is 0 Å². The first-order valence-electron chi connectivity index (χ1n) is 7.03. The van der Waals surface area contributed by atoms with Crippen molar-refractivity contribution in [3.05, 3.63) is 12.2 Å². The van der Waals surface area contributed by atoms with Crippen LogP contribution in [-0.4, -0.2) is 54.8 Å². The van der Waals surface area contributed by atoms with Crippen LogP contribution in [0.25, 0.3) is 0 Å². The van der Waals surface area contributed by atoms with Gasteiger partial charge in [-0.15, -0.1) is 0 Å². The number of rotatable bonds is 9. The SMILES string of the molecule is C=C(C)C(=O)OC(OCCC(F)(F)S(=O)(=O)O)(C(=O)OC(C)C)C(F)(F)F. The minimum Gasteiger partial charge on any atom is -0.458 e. The fraction of sp³-hybridized carbons (Fsp3) is 0.692. The Morgan fingerprint density at radius 2 is 1.63 bits per heavy atom. The van der Waals surface area contributed by atoms with Crippen molar-refractivity contribution in [2.45, 2.75) is 50.5 Å². The van der Waals surface area contributed by atoms with Gasteiger partial charge in [0.15, 0.2) is 0 Å². The molecule has 0 aromatic carbocycles. The van der Waals surface area contributed by atoms with E-state index in [1.54, 1.807) is 0 Å². The summed E-state index contributed by atoms with van der Waals surface area (Å²) < 4.78 is 108. The molecular weight excluding hydrogens is 411 g/mol. The smallest absolute Gasteiger partial charge is 0.458 e. The van der Waals surface area contributed by atoms with Gasteiger partial charge in [0, 0.05) is 5.57 Å².